The van der Waals surface area contributed by atoms with Crippen molar-refractivity contribution in [1.29, 1.82) is 0 Å². The van der Waals surface area contributed by atoms with Crippen LogP contribution in [0.5, 0.6) is 5.75 Å². The number of benzene rings is 3. The van der Waals surface area contributed by atoms with Crippen molar-refractivity contribution in [1.82, 2.24) is 4.98 Å². The molecule has 2 aromatic heterocycles. The van der Waals surface area contributed by atoms with Crippen LogP contribution in [0.4, 0.5) is 0 Å². The number of esters is 1. The molecule has 0 amide bonds. The molecule has 5 aromatic rings. The highest BCUT2D eigenvalue weighted by atomic mass is 32.1. The summed E-state index contributed by atoms with van der Waals surface area (Å²) in [5.74, 6) is -0.671. The first-order valence-corrected chi connectivity index (χ1v) is 11.3. The number of hydrogen-bond acceptors (Lipinski definition) is 6. The van der Waals surface area contributed by atoms with Crippen LogP contribution in [0, 0.1) is 0 Å². The zero-order valence-electron chi connectivity index (χ0n) is 16.0. The number of carbonyl (C=O) groups is 2. The molecule has 0 atom stereocenters. The summed E-state index contributed by atoms with van der Waals surface area (Å²) >= 11 is 3.05. The topological polar surface area (TPSA) is 56.3 Å². The van der Waals surface area contributed by atoms with Gasteiger partial charge < -0.3 is 4.74 Å². The first kappa shape index (κ1) is 18.2. The summed E-state index contributed by atoms with van der Waals surface area (Å²) in [6, 6.07) is 23.4. The lowest BCUT2D eigenvalue weighted by molar-refractivity contribution is -0.130. The van der Waals surface area contributed by atoms with E-state index in [1.165, 1.54) is 11.3 Å². The molecule has 0 saturated carbocycles. The molecular formula is C25H13NO3S2. The Balaban J connectivity index is 1.38. The van der Waals surface area contributed by atoms with Gasteiger partial charge in [-0.25, -0.2) is 9.78 Å². The third-order valence-corrected chi connectivity index (χ3v) is 7.35. The maximum Gasteiger partial charge on any atom is 0.347 e. The lowest BCUT2D eigenvalue weighted by atomic mass is 9.96. The van der Waals surface area contributed by atoms with Crippen LogP contribution in [0.1, 0.15) is 15.4 Å². The summed E-state index contributed by atoms with van der Waals surface area (Å²) in [6.07, 6.45) is 1.54. The summed E-state index contributed by atoms with van der Waals surface area (Å²) < 4.78 is 6.51. The Bertz CT molecular complexity index is 1510. The molecule has 0 spiro atoms. The minimum Gasteiger partial charge on any atom is -0.422 e. The number of ether oxygens (including phenoxy) is 1. The molecule has 0 unspecified atom stereocenters. The molecule has 0 N–H and O–H groups in total. The molecule has 4 nitrogen and oxygen atoms in total. The summed E-state index contributed by atoms with van der Waals surface area (Å²) in [6.45, 7) is 0. The van der Waals surface area contributed by atoms with E-state index in [1.807, 2.05) is 42.5 Å². The second kappa shape index (κ2) is 6.97. The first-order valence-electron chi connectivity index (χ1n) is 9.63. The van der Waals surface area contributed by atoms with Crippen LogP contribution < -0.4 is 4.74 Å². The van der Waals surface area contributed by atoms with Gasteiger partial charge in [-0.2, -0.15) is 0 Å². The van der Waals surface area contributed by atoms with Gasteiger partial charge in [-0.1, -0.05) is 54.6 Å². The van der Waals surface area contributed by atoms with E-state index < -0.39 is 5.97 Å². The monoisotopic (exact) mass is 439 g/mol. The van der Waals surface area contributed by atoms with Gasteiger partial charge in [-0.3, -0.25) is 4.79 Å². The third-order valence-electron chi connectivity index (χ3n) is 5.19. The molecule has 0 bridgehead atoms. The minimum atomic E-state index is -0.642. The van der Waals surface area contributed by atoms with Crippen molar-refractivity contribution in [2.24, 2.45) is 0 Å². The van der Waals surface area contributed by atoms with E-state index in [4.69, 9.17) is 4.74 Å². The van der Waals surface area contributed by atoms with Gasteiger partial charge in [0.1, 0.15) is 21.2 Å². The molecule has 0 saturated heterocycles. The Kier molecular flexibility index (Phi) is 4.09. The summed E-state index contributed by atoms with van der Waals surface area (Å²) in [5.41, 5.74) is 1.55. The molecule has 6 heteroatoms. The average molecular weight is 440 g/mol. The fraction of sp³-hybridized carbons (Fsp3) is 0. The molecule has 3 heterocycles. The van der Waals surface area contributed by atoms with Crippen molar-refractivity contribution in [3.05, 3.63) is 88.9 Å². The zero-order chi connectivity index (χ0) is 20.9. The number of ketones is 1. The molecule has 1 aliphatic heterocycles. The van der Waals surface area contributed by atoms with Crippen LogP contribution >= 0.6 is 22.7 Å². The number of thiazole rings is 1. The highest BCUT2D eigenvalue weighted by Gasteiger charge is 2.31. The van der Waals surface area contributed by atoms with E-state index in [0.717, 1.165) is 30.7 Å². The number of aromatic nitrogens is 1. The smallest absolute Gasteiger partial charge is 0.347 e. The Morgan fingerprint density at radius 3 is 2.35 bits per heavy atom. The largest absolute Gasteiger partial charge is 0.422 e. The molecule has 0 fully saturated rings. The number of carbonyl (C=O) groups excluding carboxylic acids is 2. The van der Waals surface area contributed by atoms with E-state index in [-0.39, 0.29) is 11.4 Å². The van der Waals surface area contributed by atoms with Gasteiger partial charge in [-0.15, -0.1) is 22.7 Å². The Labute approximate surface area is 185 Å². The van der Waals surface area contributed by atoms with E-state index >= 15 is 0 Å². The summed E-state index contributed by atoms with van der Waals surface area (Å²) in [7, 11) is 0. The SMILES string of the molecule is O=C1Oc2cc3ccccc3cc2C(=O)/C1=C/c1nc2sc(-c3ccccc3)cc2s1. The van der Waals surface area contributed by atoms with Crippen LogP contribution in [0.3, 0.4) is 0 Å². The van der Waals surface area contributed by atoms with Gasteiger partial charge in [0, 0.05) is 4.88 Å². The normalized spacial score (nSPS) is 14.9. The van der Waals surface area contributed by atoms with Crippen LogP contribution in [0.2, 0.25) is 0 Å². The number of fused-ring (bicyclic) bond motifs is 3. The quantitative estimate of drug-likeness (QED) is 0.139. The molecule has 1 aliphatic rings. The van der Waals surface area contributed by atoms with Crippen molar-refractivity contribution in [2.45, 2.75) is 0 Å². The molecular weight excluding hydrogens is 426 g/mol. The van der Waals surface area contributed by atoms with Gasteiger partial charge >= 0.3 is 5.97 Å². The van der Waals surface area contributed by atoms with Gasteiger partial charge in [0.25, 0.3) is 0 Å². The third kappa shape index (κ3) is 3.08. The zero-order valence-corrected chi connectivity index (χ0v) is 17.6. The lowest BCUT2D eigenvalue weighted by Crippen LogP contribution is -2.25. The number of Topliss-reactive ketones (excluding diaryl/α,β-unsaturated/α-hetero) is 1. The van der Waals surface area contributed by atoms with Gasteiger partial charge in [0.2, 0.25) is 5.78 Å². The van der Waals surface area contributed by atoms with Crippen molar-refractivity contribution < 1.29 is 14.3 Å². The fourth-order valence-corrected chi connectivity index (χ4v) is 5.85. The number of hydrogen-bond donors (Lipinski definition) is 0. The van der Waals surface area contributed by atoms with Crippen molar-refractivity contribution >= 4 is 60.8 Å². The Morgan fingerprint density at radius 1 is 0.839 bits per heavy atom. The molecule has 148 valence electrons. The van der Waals surface area contributed by atoms with Crippen LogP contribution in [-0.4, -0.2) is 16.7 Å². The number of nitrogens with zero attached hydrogens (tertiary/aromatic N) is 1. The van der Waals surface area contributed by atoms with Crippen molar-refractivity contribution in [3.8, 4) is 16.2 Å². The number of thiophene rings is 1. The van der Waals surface area contributed by atoms with E-state index in [1.54, 1.807) is 29.5 Å². The second-order valence-electron chi connectivity index (χ2n) is 7.17. The predicted molar refractivity (Wildman–Crippen MR) is 125 cm³/mol. The Hall–Kier alpha value is -3.61. The lowest BCUT2D eigenvalue weighted by Gasteiger charge is -2.17. The minimum absolute atomic E-state index is 0.00691. The van der Waals surface area contributed by atoms with Gasteiger partial charge in [0.05, 0.1) is 10.3 Å². The summed E-state index contributed by atoms with van der Waals surface area (Å²) in [4.78, 5) is 32.3. The molecule has 6 rings (SSSR count). The fourth-order valence-electron chi connectivity index (χ4n) is 3.68. The summed E-state index contributed by atoms with van der Waals surface area (Å²) in [5, 5.41) is 2.46. The number of rotatable bonds is 2. The van der Waals surface area contributed by atoms with Crippen LogP contribution in [0.15, 0.2) is 78.4 Å². The van der Waals surface area contributed by atoms with E-state index in [9.17, 15) is 9.59 Å². The van der Waals surface area contributed by atoms with Crippen molar-refractivity contribution in [3.63, 3.8) is 0 Å². The van der Waals surface area contributed by atoms with Gasteiger partial charge in [0.15, 0.2) is 0 Å². The molecule has 31 heavy (non-hydrogen) atoms. The predicted octanol–water partition coefficient (Wildman–Crippen LogP) is 6.36. The highest BCUT2D eigenvalue weighted by Crippen LogP contribution is 2.38. The molecule has 0 aliphatic carbocycles. The van der Waals surface area contributed by atoms with Crippen LogP contribution in [0.25, 0.3) is 36.8 Å². The van der Waals surface area contributed by atoms with Crippen molar-refractivity contribution in [2.75, 3.05) is 0 Å². The van der Waals surface area contributed by atoms with Gasteiger partial charge in [-0.05, 0) is 40.6 Å². The first-order chi connectivity index (χ1) is 15.2. The van der Waals surface area contributed by atoms with Crippen LogP contribution in [-0.2, 0) is 4.79 Å². The Morgan fingerprint density at radius 2 is 1.58 bits per heavy atom. The highest BCUT2D eigenvalue weighted by molar-refractivity contribution is 7.29. The molecule has 0 radical (unpaired) electrons. The van der Waals surface area contributed by atoms with E-state index in [2.05, 4.69) is 23.2 Å². The standard InChI is InChI=1S/C25H13NO3S2/c27-23-17-10-15-8-4-5-9-16(15)11-19(17)29-25(28)18(23)12-22-26-24-21(30-22)13-20(31-24)14-6-2-1-3-7-14/h1-13H/b18-12-. The van der Waals surface area contributed by atoms with E-state index in [0.29, 0.717) is 16.3 Å². The second-order valence-corrected chi connectivity index (χ2v) is 9.26. The maximum atomic E-state index is 13.1. The average Bonchev–Trinajstić information content (AvgIpc) is 3.35. The molecule has 3 aromatic carbocycles. The maximum absolute atomic E-state index is 13.1.